The van der Waals surface area contributed by atoms with Crippen LogP contribution in [-0.2, 0) is 21.2 Å². The molecule has 0 aromatic heterocycles. The molecule has 5 nitrogen and oxygen atoms in total. The minimum absolute atomic E-state index is 0.116. The van der Waals surface area contributed by atoms with Crippen molar-refractivity contribution in [2.24, 2.45) is 11.7 Å². The SMILES string of the molecule is NC(=O)[C@@H](CNS(=O)(=O)c1ccccc1)Cc1ccc(F)cc1. The lowest BCUT2D eigenvalue weighted by Gasteiger charge is -2.14. The number of rotatable bonds is 7. The molecule has 1 amide bonds. The van der Waals surface area contributed by atoms with Crippen molar-refractivity contribution in [3.8, 4) is 0 Å². The van der Waals surface area contributed by atoms with Crippen LogP contribution in [0, 0.1) is 11.7 Å². The first kappa shape index (κ1) is 17.1. The van der Waals surface area contributed by atoms with E-state index < -0.39 is 21.8 Å². The zero-order chi connectivity index (χ0) is 16.9. The number of nitrogens with one attached hydrogen (secondary N) is 1. The predicted octanol–water partition coefficient (Wildman–Crippen LogP) is 1.45. The van der Waals surface area contributed by atoms with Crippen LogP contribution < -0.4 is 10.5 Å². The van der Waals surface area contributed by atoms with Crippen LogP contribution in [0.5, 0.6) is 0 Å². The summed E-state index contributed by atoms with van der Waals surface area (Å²) in [5.74, 6) is -1.72. The average Bonchev–Trinajstić information content (AvgIpc) is 2.54. The van der Waals surface area contributed by atoms with E-state index in [0.29, 0.717) is 5.56 Å². The monoisotopic (exact) mass is 336 g/mol. The lowest BCUT2D eigenvalue weighted by atomic mass is 9.99. The molecule has 0 aliphatic carbocycles. The molecule has 0 bridgehead atoms. The van der Waals surface area contributed by atoms with Gasteiger partial charge in [-0.3, -0.25) is 4.79 Å². The lowest BCUT2D eigenvalue weighted by Crippen LogP contribution is -2.37. The molecule has 1 atom stereocenters. The van der Waals surface area contributed by atoms with Gasteiger partial charge in [0.05, 0.1) is 10.8 Å². The quantitative estimate of drug-likeness (QED) is 0.802. The van der Waals surface area contributed by atoms with E-state index in [0.717, 1.165) is 0 Å². The van der Waals surface area contributed by atoms with Gasteiger partial charge in [-0.2, -0.15) is 0 Å². The lowest BCUT2D eigenvalue weighted by molar-refractivity contribution is -0.121. The van der Waals surface area contributed by atoms with Crippen molar-refractivity contribution in [1.82, 2.24) is 4.72 Å². The molecule has 0 saturated heterocycles. The van der Waals surface area contributed by atoms with Crippen molar-refractivity contribution >= 4 is 15.9 Å². The zero-order valence-corrected chi connectivity index (χ0v) is 13.1. The number of benzene rings is 2. The first-order valence-electron chi connectivity index (χ1n) is 6.97. The molecule has 3 N–H and O–H groups in total. The van der Waals surface area contributed by atoms with Gasteiger partial charge < -0.3 is 5.73 Å². The maximum atomic E-state index is 12.9. The predicted molar refractivity (Wildman–Crippen MR) is 84.4 cm³/mol. The number of nitrogens with two attached hydrogens (primary N) is 1. The third-order valence-electron chi connectivity index (χ3n) is 3.37. The molecule has 0 fully saturated rings. The highest BCUT2D eigenvalue weighted by Crippen LogP contribution is 2.12. The van der Waals surface area contributed by atoms with Crippen molar-refractivity contribution in [3.05, 3.63) is 66.0 Å². The Morgan fingerprint density at radius 1 is 1.09 bits per heavy atom. The highest BCUT2D eigenvalue weighted by molar-refractivity contribution is 7.89. The van der Waals surface area contributed by atoms with Crippen LogP contribution in [0.1, 0.15) is 5.56 Å². The topological polar surface area (TPSA) is 89.3 Å². The molecular weight excluding hydrogens is 319 g/mol. The van der Waals surface area contributed by atoms with Gasteiger partial charge >= 0.3 is 0 Å². The smallest absolute Gasteiger partial charge is 0.240 e. The molecule has 2 rings (SSSR count). The summed E-state index contributed by atoms with van der Waals surface area (Å²) >= 11 is 0. The molecule has 0 spiro atoms. The Kier molecular flexibility index (Phi) is 5.46. The summed E-state index contributed by atoms with van der Waals surface area (Å²) in [7, 11) is -3.71. The third kappa shape index (κ3) is 4.87. The van der Waals surface area contributed by atoms with E-state index in [2.05, 4.69) is 4.72 Å². The van der Waals surface area contributed by atoms with E-state index in [1.807, 2.05) is 0 Å². The molecule has 2 aromatic carbocycles. The summed E-state index contributed by atoms with van der Waals surface area (Å²) in [6.07, 6.45) is 0.229. The van der Waals surface area contributed by atoms with Crippen LogP contribution >= 0.6 is 0 Å². The molecule has 0 aliphatic rings. The third-order valence-corrected chi connectivity index (χ3v) is 4.81. The first-order chi connectivity index (χ1) is 10.9. The molecule has 122 valence electrons. The van der Waals surface area contributed by atoms with Crippen LogP contribution in [0.25, 0.3) is 0 Å². The Bertz CT molecular complexity index is 762. The molecule has 0 radical (unpaired) electrons. The summed E-state index contributed by atoms with van der Waals surface area (Å²) in [6.45, 7) is -0.121. The number of hydrogen-bond acceptors (Lipinski definition) is 3. The summed E-state index contributed by atoms with van der Waals surface area (Å²) in [6, 6.07) is 13.5. The van der Waals surface area contributed by atoms with Gasteiger partial charge in [0.25, 0.3) is 0 Å². The molecule has 0 aliphatic heterocycles. The second kappa shape index (κ2) is 7.34. The van der Waals surface area contributed by atoms with Gasteiger partial charge in [-0.15, -0.1) is 0 Å². The van der Waals surface area contributed by atoms with E-state index in [9.17, 15) is 17.6 Å². The zero-order valence-electron chi connectivity index (χ0n) is 12.3. The van der Waals surface area contributed by atoms with Crippen LogP contribution in [0.4, 0.5) is 4.39 Å². The second-order valence-corrected chi connectivity index (χ2v) is 6.86. The summed E-state index contributed by atoms with van der Waals surface area (Å²) in [5.41, 5.74) is 6.04. The molecule has 23 heavy (non-hydrogen) atoms. The van der Waals surface area contributed by atoms with E-state index in [1.165, 1.54) is 36.4 Å². The van der Waals surface area contributed by atoms with Crippen molar-refractivity contribution in [3.63, 3.8) is 0 Å². The molecule has 0 heterocycles. The average molecular weight is 336 g/mol. The van der Waals surface area contributed by atoms with E-state index in [1.54, 1.807) is 18.2 Å². The van der Waals surface area contributed by atoms with Gasteiger partial charge in [-0.25, -0.2) is 17.5 Å². The fraction of sp³-hybridized carbons (Fsp3) is 0.188. The summed E-state index contributed by atoms with van der Waals surface area (Å²) in [5, 5.41) is 0. The minimum atomic E-state index is -3.71. The van der Waals surface area contributed by atoms with Gasteiger partial charge in [-0.1, -0.05) is 30.3 Å². The van der Waals surface area contributed by atoms with Crippen molar-refractivity contribution < 1.29 is 17.6 Å². The highest BCUT2D eigenvalue weighted by atomic mass is 32.2. The number of amides is 1. The Balaban J connectivity index is 2.05. The van der Waals surface area contributed by atoms with Gasteiger partial charge in [0.2, 0.25) is 15.9 Å². The van der Waals surface area contributed by atoms with Gasteiger partial charge in [0.15, 0.2) is 0 Å². The Morgan fingerprint density at radius 2 is 1.70 bits per heavy atom. The van der Waals surface area contributed by atoms with Crippen LogP contribution in [0.15, 0.2) is 59.5 Å². The normalized spacial score (nSPS) is 12.7. The number of hydrogen-bond donors (Lipinski definition) is 2. The molecule has 2 aromatic rings. The second-order valence-electron chi connectivity index (χ2n) is 5.09. The Morgan fingerprint density at radius 3 is 2.26 bits per heavy atom. The number of primary amides is 1. The fourth-order valence-corrected chi connectivity index (χ4v) is 3.17. The van der Waals surface area contributed by atoms with Gasteiger partial charge in [0.1, 0.15) is 5.82 Å². The van der Waals surface area contributed by atoms with E-state index in [-0.39, 0.29) is 23.7 Å². The van der Waals surface area contributed by atoms with Gasteiger partial charge in [0, 0.05) is 6.54 Å². The van der Waals surface area contributed by atoms with Crippen LogP contribution in [-0.4, -0.2) is 20.9 Å². The summed E-state index contributed by atoms with van der Waals surface area (Å²) < 4.78 is 39.6. The van der Waals surface area contributed by atoms with E-state index >= 15 is 0 Å². The molecule has 0 saturated carbocycles. The number of carbonyl (C=O) groups excluding carboxylic acids is 1. The maximum absolute atomic E-state index is 12.9. The summed E-state index contributed by atoms with van der Waals surface area (Å²) in [4.78, 5) is 11.7. The van der Waals surface area contributed by atoms with Crippen LogP contribution in [0.3, 0.4) is 0 Å². The first-order valence-corrected chi connectivity index (χ1v) is 8.45. The number of carbonyl (C=O) groups is 1. The number of sulfonamides is 1. The molecular formula is C16H17FN2O3S. The largest absolute Gasteiger partial charge is 0.369 e. The maximum Gasteiger partial charge on any atom is 0.240 e. The van der Waals surface area contributed by atoms with Crippen LogP contribution in [0.2, 0.25) is 0 Å². The fourth-order valence-electron chi connectivity index (χ4n) is 2.07. The van der Waals surface area contributed by atoms with Crippen molar-refractivity contribution in [2.75, 3.05) is 6.54 Å². The molecule has 7 heteroatoms. The minimum Gasteiger partial charge on any atom is -0.369 e. The van der Waals surface area contributed by atoms with Crippen molar-refractivity contribution in [1.29, 1.82) is 0 Å². The van der Waals surface area contributed by atoms with Gasteiger partial charge in [-0.05, 0) is 36.2 Å². The highest BCUT2D eigenvalue weighted by Gasteiger charge is 2.20. The number of halogens is 1. The Labute approximate surface area is 134 Å². The molecule has 0 unspecified atom stereocenters. The standard InChI is InChI=1S/C16H17FN2O3S/c17-14-8-6-12(7-9-14)10-13(16(18)20)11-19-23(21,22)15-4-2-1-3-5-15/h1-9,13,19H,10-11H2,(H2,18,20)/t13-/m1/s1. The van der Waals surface area contributed by atoms with Crippen molar-refractivity contribution in [2.45, 2.75) is 11.3 Å². The Hall–Kier alpha value is -2.25. The van der Waals surface area contributed by atoms with E-state index in [4.69, 9.17) is 5.73 Å².